The molecule has 0 amide bonds. The van der Waals surface area contributed by atoms with E-state index in [1.54, 1.807) is 0 Å². The van der Waals surface area contributed by atoms with Crippen molar-refractivity contribution in [3.05, 3.63) is 17.0 Å². The summed E-state index contributed by atoms with van der Waals surface area (Å²) < 4.78 is 0. The van der Waals surface area contributed by atoms with Gasteiger partial charge in [-0.1, -0.05) is 0 Å². The fraction of sp³-hybridized carbons (Fsp3) is 0.500. The zero-order chi connectivity index (χ0) is 10.2. The van der Waals surface area contributed by atoms with E-state index in [9.17, 15) is 9.90 Å². The van der Waals surface area contributed by atoms with Gasteiger partial charge in [-0.15, -0.1) is 11.3 Å². The Morgan fingerprint density at radius 2 is 2.43 bits per heavy atom. The van der Waals surface area contributed by atoms with Crippen molar-refractivity contribution in [2.75, 3.05) is 18.0 Å². The summed E-state index contributed by atoms with van der Waals surface area (Å²) in [6.07, 6.45) is 1.66. The minimum absolute atomic E-state index is 0.578. The molecule has 1 aromatic rings. The molecule has 0 aliphatic carbocycles. The first kappa shape index (κ1) is 9.68. The monoisotopic (exact) mass is 211 g/mol. The summed E-state index contributed by atoms with van der Waals surface area (Å²) in [4.78, 5) is 13.4. The first-order chi connectivity index (χ1) is 6.61. The molecular formula is C10H13NO2S. The van der Waals surface area contributed by atoms with Gasteiger partial charge in [-0.2, -0.15) is 0 Å². The quantitative estimate of drug-likeness (QED) is 0.754. The molecule has 1 aliphatic rings. The van der Waals surface area contributed by atoms with Crippen molar-refractivity contribution < 1.29 is 9.90 Å². The van der Waals surface area contributed by atoms with Crippen LogP contribution in [0.4, 0.5) is 5.00 Å². The average Bonchev–Trinajstić information content (AvgIpc) is 2.70. The summed E-state index contributed by atoms with van der Waals surface area (Å²) in [5.41, 5.74) is -0.578. The molecule has 0 saturated carbocycles. The smallest absolute Gasteiger partial charge is 0.160 e. The Kier molecular flexibility index (Phi) is 2.33. The van der Waals surface area contributed by atoms with Crippen molar-refractivity contribution >= 4 is 22.6 Å². The number of anilines is 1. The molecule has 1 atom stereocenters. The second kappa shape index (κ2) is 3.37. The van der Waals surface area contributed by atoms with Crippen LogP contribution in [0.5, 0.6) is 0 Å². The van der Waals surface area contributed by atoms with Crippen LogP contribution in [0.1, 0.15) is 23.0 Å². The molecule has 3 nitrogen and oxygen atoms in total. The van der Waals surface area contributed by atoms with E-state index in [2.05, 4.69) is 4.90 Å². The zero-order valence-electron chi connectivity index (χ0n) is 8.06. The predicted octanol–water partition coefficient (Wildman–Crippen LogP) is 1.52. The first-order valence-electron chi connectivity index (χ1n) is 4.63. The Balaban J connectivity index is 2.13. The Morgan fingerprint density at radius 1 is 1.64 bits per heavy atom. The van der Waals surface area contributed by atoms with Crippen LogP contribution < -0.4 is 4.90 Å². The van der Waals surface area contributed by atoms with Crippen LogP contribution in [0, 0.1) is 0 Å². The van der Waals surface area contributed by atoms with E-state index in [1.807, 2.05) is 19.1 Å². The minimum Gasteiger partial charge on any atom is -0.388 e. The molecule has 14 heavy (non-hydrogen) atoms. The summed E-state index contributed by atoms with van der Waals surface area (Å²) in [5, 5.41) is 10.9. The van der Waals surface area contributed by atoms with Gasteiger partial charge in [0.05, 0.1) is 15.5 Å². The van der Waals surface area contributed by atoms with Gasteiger partial charge in [-0.25, -0.2) is 0 Å². The molecule has 4 heteroatoms. The fourth-order valence-electron chi connectivity index (χ4n) is 1.71. The van der Waals surface area contributed by atoms with Gasteiger partial charge in [0, 0.05) is 13.1 Å². The molecule has 2 heterocycles. The van der Waals surface area contributed by atoms with E-state index in [0.717, 1.165) is 29.1 Å². The van der Waals surface area contributed by atoms with E-state index < -0.39 is 5.60 Å². The highest BCUT2D eigenvalue weighted by Gasteiger charge is 2.31. The number of nitrogens with zero attached hydrogens (tertiary/aromatic N) is 1. The number of hydrogen-bond acceptors (Lipinski definition) is 4. The lowest BCUT2D eigenvalue weighted by molar-refractivity contribution is 0.0839. The first-order valence-corrected chi connectivity index (χ1v) is 5.45. The van der Waals surface area contributed by atoms with Crippen LogP contribution in [0.25, 0.3) is 0 Å². The van der Waals surface area contributed by atoms with E-state index in [1.165, 1.54) is 11.3 Å². The predicted molar refractivity (Wildman–Crippen MR) is 57.2 cm³/mol. The number of carbonyl (C=O) groups is 1. The molecule has 1 aromatic heterocycles. The molecule has 1 fully saturated rings. The topological polar surface area (TPSA) is 40.5 Å². The minimum atomic E-state index is -0.578. The summed E-state index contributed by atoms with van der Waals surface area (Å²) in [6, 6.07) is 3.76. The standard InChI is InChI=1S/C10H13NO2S/c1-10(13)4-5-11(7-10)9-3-2-8(6-12)14-9/h2-3,6,13H,4-5,7H2,1H3. The zero-order valence-corrected chi connectivity index (χ0v) is 8.88. The molecule has 76 valence electrons. The van der Waals surface area contributed by atoms with Crippen LogP contribution in [0.3, 0.4) is 0 Å². The Labute approximate surface area is 87.0 Å². The third-order valence-electron chi connectivity index (χ3n) is 2.49. The normalized spacial score (nSPS) is 26.9. The Morgan fingerprint density at radius 3 is 2.93 bits per heavy atom. The summed E-state index contributed by atoms with van der Waals surface area (Å²) in [6.45, 7) is 3.37. The van der Waals surface area contributed by atoms with Gasteiger partial charge in [-0.05, 0) is 25.5 Å². The molecule has 0 radical (unpaired) electrons. The molecule has 1 N–H and O–H groups in total. The second-order valence-electron chi connectivity index (χ2n) is 3.96. The van der Waals surface area contributed by atoms with Gasteiger partial charge in [-0.3, -0.25) is 4.79 Å². The average molecular weight is 211 g/mol. The van der Waals surface area contributed by atoms with Crippen molar-refractivity contribution in [1.82, 2.24) is 0 Å². The number of aldehydes is 1. The Bertz CT molecular complexity index is 346. The van der Waals surface area contributed by atoms with E-state index in [0.29, 0.717) is 6.54 Å². The molecule has 0 bridgehead atoms. The van der Waals surface area contributed by atoms with Crippen LogP contribution in [0.15, 0.2) is 12.1 Å². The second-order valence-corrected chi connectivity index (χ2v) is 5.06. The van der Waals surface area contributed by atoms with Crippen LogP contribution >= 0.6 is 11.3 Å². The number of thiophene rings is 1. The lowest BCUT2D eigenvalue weighted by Crippen LogP contribution is -2.29. The van der Waals surface area contributed by atoms with Crippen molar-refractivity contribution in [2.45, 2.75) is 18.9 Å². The van der Waals surface area contributed by atoms with Crippen molar-refractivity contribution in [2.24, 2.45) is 0 Å². The van der Waals surface area contributed by atoms with Gasteiger partial charge in [0.25, 0.3) is 0 Å². The lowest BCUT2D eigenvalue weighted by Gasteiger charge is -2.18. The highest BCUT2D eigenvalue weighted by atomic mass is 32.1. The molecule has 2 rings (SSSR count). The molecule has 1 saturated heterocycles. The lowest BCUT2D eigenvalue weighted by atomic mass is 10.1. The fourth-order valence-corrected chi connectivity index (χ4v) is 2.56. The van der Waals surface area contributed by atoms with Gasteiger partial charge < -0.3 is 10.0 Å². The van der Waals surface area contributed by atoms with Crippen molar-refractivity contribution in [1.29, 1.82) is 0 Å². The molecule has 0 spiro atoms. The number of β-amino-alcohol motifs (C(OH)–C–C–N with tert-alkyl or cyclic N) is 1. The van der Waals surface area contributed by atoms with Crippen molar-refractivity contribution in [3.63, 3.8) is 0 Å². The van der Waals surface area contributed by atoms with Gasteiger partial charge in [0.2, 0.25) is 0 Å². The number of hydrogen-bond donors (Lipinski definition) is 1. The van der Waals surface area contributed by atoms with Gasteiger partial charge >= 0.3 is 0 Å². The van der Waals surface area contributed by atoms with Gasteiger partial charge in [0.1, 0.15) is 0 Å². The van der Waals surface area contributed by atoms with Crippen LogP contribution in [0.2, 0.25) is 0 Å². The highest BCUT2D eigenvalue weighted by molar-refractivity contribution is 7.17. The van der Waals surface area contributed by atoms with Gasteiger partial charge in [0.15, 0.2) is 6.29 Å². The van der Waals surface area contributed by atoms with E-state index in [-0.39, 0.29) is 0 Å². The number of carbonyl (C=O) groups excluding carboxylic acids is 1. The summed E-state index contributed by atoms with van der Waals surface area (Å²) in [7, 11) is 0. The number of aliphatic hydroxyl groups is 1. The molecular weight excluding hydrogens is 198 g/mol. The molecule has 1 aliphatic heterocycles. The maximum Gasteiger partial charge on any atom is 0.160 e. The third kappa shape index (κ3) is 1.81. The summed E-state index contributed by atoms with van der Waals surface area (Å²) in [5.74, 6) is 0. The van der Waals surface area contributed by atoms with E-state index in [4.69, 9.17) is 0 Å². The van der Waals surface area contributed by atoms with Crippen LogP contribution in [-0.4, -0.2) is 30.1 Å². The maximum atomic E-state index is 10.5. The molecule has 0 aromatic carbocycles. The largest absolute Gasteiger partial charge is 0.388 e. The van der Waals surface area contributed by atoms with E-state index >= 15 is 0 Å². The molecule has 1 unspecified atom stereocenters. The van der Waals surface area contributed by atoms with Crippen LogP contribution in [-0.2, 0) is 0 Å². The number of rotatable bonds is 2. The third-order valence-corrected chi connectivity index (χ3v) is 3.56. The maximum absolute atomic E-state index is 10.5. The van der Waals surface area contributed by atoms with Crippen molar-refractivity contribution in [3.8, 4) is 0 Å². The highest BCUT2D eigenvalue weighted by Crippen LogP contribution is 2.31. The summed E-state index contributed by atoms with van der Waals surface area (Å²) >= 11 is 1.48. The SMILES string of the molecule is CC1(O)CCN(c2ccc(C=O)s2)C1. The Hall–Kier alpha value is -0.870.